The molecule has 2 aliphatic rings. The number of carbonyl (C=O) groups excluding carboxylic acids is 1. The van der Waals surface area contributed by atoms with Gasteiger partial charge in [0.15, 0.2) is 5.17 Å². The molecule has 0 radical (unpaired) electrons. The summed E-state index contributed by atoms with van der Waals surface area (Å²) in [5, 5.41) is 0.253. The molecule has 0 atom stereocenters. The van der Waals surface area contributed by atoms with Gasteiger partial charge in [-0.1, -0.05) is 35.2 Å². The molecule has 1 aliphatic heterocycles. The third-order valence-electron chi connectivity index (χ3n) is 4.46. The van der Waals surface area contributed by atoms with Crippen LogP contribution in [0, 0.1) is 0 Å². The maximum absolute atomic E-state index is 12.9. The first-order valence-corrected chi connectivity index (χ1v) is 11.8. The van der Waals surface area contributed by atoms with E-state index in [2.05, 4.69) is 20.3 Å². The fourth-order valence-corrected chi connectivity index (χ4v) is 5.76. The Bertz CT molecular complexity index is 874. The van der Waals surface area contributed by atoms with Crippen molar-refractivity contribution >= 4 is 48.8 Å². The molecule has 9 heteroatoms. The minimum absolute atomic E-state index is 0.00526. The number of hydrogen-bond acceptors (Lipinski definition) is 5. The minimum Gasteiger partial charge on any atom is -0.382 e. The third-order valence-corrected chi connectivity index (χ3v) is 7.36. The molecule has 0 N–H and O–H groups in total. The molecule has 3 rings (SSSR count). The van der Waals surface area contributed by atoms with Crippen LogP contribution in [0.2, 0.25) is 0 Å². The Balaban J connectivity index is 1.99. The first-order valence-electron chi connectivity index (χ1n) is 8.78. The average Bonchev–Trinajstić information content (AvgIpc) is 2.90. The van der Waals surface area contributed by atoms with Gasteiger partial charge in [-0.25, -0.2) is 0 Å². The number of halogens is 1. The smallest absolute Gasteiger partial charge is 0.284 e. The molecular weight excluding hydrogens is 450 g/mol. The lowest BCUT2D eigenvalue weighted by atomic mass is 9.94. The second-order valence-corrected chi connectivity index (χ2v) is 10.4. The van der Waals surface area contributed by atoms with Gasteiger partial charge in [0.2, 0.25) is 0 Å². The highest BCUT2D eigenvalue weighted by Crippen LogP contribution is 2.37. The number of amidine groups is 1. The topological polar surface area (TPSA) is 70.1 Å². The van der Waals surface area contributed by atoms with Crippen molar-refractivity contribution in [2.75, 3.05) is 14.1 Å². The lowest BCUT2D eigenvalue weighted by Crippen LogP contribution is -2.40. The van der Waals surface area contributed by atoms with E-state index >= 15 is 0 Å². The van der Waals surface area contributed by atoms with Gasteiger partial charge in [0, 0.05) is 30.8 Å². The molecule has 1 amide bonds. The summed E-state index contributed by atoms with van der Waals surface area (Å²) in [6, 6.07) is 6.34. The molecule has 146 valence electrons. The number of nitrogens with zero attached hydrogens (tertiary/aromatic N) is 3. The highest BCUT2D eigenvalue weighted by molar-refractivity contribution is 9.10. The van der Waals surface area contributed by atoms with Crippen molar-refractivity contribution in [3.05, 3.63) is 39.8 Å². The normalized spacial score (nSPS) is 22.0. The van der Waals surface area contributed by atoms with Crippen molar-refractivity contribution in [3.63, 3.8) is 0 Å². The second kappa shape index (κ2) is 8.36. The van der Waals surface area contributed by atoms with E-state index in [4.69, 9.17) is 0 Å². The number of sulfonamides is 1. The number of benzene rings is 1. The Kier molecular flexibility index (Phi) is 6.32. The van der Waals surface area contributed by atoms with Gasteiger partial charge >= 0.3 is 0 Å². The molecule has 6 nitrogen and oxygen atoms in total. The van der Waals surface area contributed by atoms with E-state index in [1.165, 1.54) is 12.1 Å². The fraction of sp³-hybridized carbons (Fsp3) is 0.444. The largest absolute Gasteiger partial charge is 0.382 e. The van der Waals surface area contributed by atoms with Crippen molar-refractivity contribution in [1.29, 1.82) is 0 Å². The van der Waals surface area contributed by atoms with Crippen molar-refractivity contribution in [2.24, 2.45) is 4.40 Å². The van der Waals surface area contributed by atoms with Crippen molar-refractivity contribution < 1.29 is 13.2 Å². The molecule has 1 aromatic carbocycles. The van der Waals surface area contributed by atoms with E-state index in [1.807, 2.05) is 14.1 Å². The van der Waals surface area contributed by atoms with Gasteiger partial charge < -0.3 is 4.90 Å². The lowest BCUT2D eigenvalue weighted by Gasteiger charge is -2.30. The molecule has 1 saturated carbocycles. The second-order valence-electron chi connectivity index (χ2n) is 6.83. The number of amides is 1. The molecule has 27 heavy (non-hydrogen) atoms. The van der Waals surface area contributed by atoms with Crippen LogP contribution in [-0.2, 0) is 14.8 Å². The fourth-order valence-electron chi connectivity index (χ4n) is 3.20. The van der Waals surface area contributed by atoms with E-state index in [0.29, 0.717) is 4.91 Å². The average molecular weight is 472 g/mol. The molecule has 0 spiro atoms. The summed E-state index contributed by atoms with van der Waals surface area (Å²) in [7, 11) is -0.230. The summed E-state index contributed by atoms with van der Waals surface area (Å²) in [6.45, 7) is 0. The molecule has 0 aromatic heterocycles. The van der Waals surface area contributed by atoms with E-state index in [1.54, 1.807) is 28.1 Å². The number of carbonyl (C=O) groups is 1. The first-order chi connectivity index (χ1) is 12.8. The maximum Gasteiger partial charge on any atom is 0.284 e. The summed E-state index contributed by atoms with van der Waals surface area (Å²) in [6.07, 6.45) is 6.70. The van der Waals surface area contributed by atoms with Gasteiger partial charge in [-0.2, -0.15) is 8.42 Å². The number of rotatable bonds is 4. The van der Waals surface area contributed by atoms with Gasteiger partial charge in [0.1, 0.15) is 0 Å². The summed E-state index contributed by atoms with van der Waals surface area (Å²) in [5.74, 6) is -0.162. The zero-order valence-corrected chi connectivity index (χ0v) is 18.5. The first kappa shape index (κ1) is 20.4. The molecular formula is C18H22BrN3O3S2. The Morgan fingerprint density at radius 1 is 1.19 bits per heavy atom. The van der Waals surface area contributed by atoms with Gasteiger partial charge in [0.25, 0.3) is 15.9 Å². The standard InChI is InChI=1S/C18H22BrN3O3S2/c1-21(2)12-16-17(23)22(14-6-4-3-5-7-14)18(26-16)20-27(24,25)15-10-8-13(19)9-11-15/h8-12,14H,3-7H2,1-2H3/b16-12+,20-18+. The Morgan fingerprint density at radius 2 is 1.81 bits per heavy atom. The third kappa shape index (κ3) is 4.75. The summed E-state index contributed by atoms with van der Waals surface area (Å²) in [5.41, 5.74) is 0. The molecule has 0 unspecified atom stereocenters. The van der Waals surface area contributed by atoms with Crippen LogP contribution in [0.3, 0.4) is 0 Å². The van der Waals surface area contributed by atoms with Crippen LogP contribution in [0.4, 0.5) is 0 Å². The number of thioether (sulfide) groups is 1. The SMILES string of the molecule is CN(C)/C=C1/S/C(=N/S(=O)(=O)c2ccc(Br)cc2)N(C2CCCCC2)C1=O. The Labute approximate surface area is 172 Å². The lowest BCUT2D eigenvalue weighted by molar-refractivity contribution is -0.124. The van der Waals surface area contributed by atoms with Gasteiger partial charge in [-0.05, 0) is 48.9 Å². The highest BCUT2D eigenvalue weighted by Gasteiger charge is 2.40. The van der Waals surface area contributed by atoms with Crippen LogP contribution in [0.25, 0.3) is 0 Å². The van der Waals surface area contributed by atoms with Crippen LogP contribution in [0.1, 0.15) is 32.1 Å². The van der Waals surface area contributed by atoms with Gasteiger partial charge in [-0.3, -0.25) is 9.69 Å². The van der Waals surface area contributed by atoms with Crippen LogP contribution in [0.15, 0.2) is 49.1 Å². The summed E-state index contributed by atoms with van der Waals surface area (Å²) in [4.78, 5) is 16.9. The van der Waals surface area contributed by atoms with Gasteiger partial charge in [0.05, 0.1) is 9.80 Å². The molecule has 1 aliphatic carbocycles. The van der Waals surface area contributed by atoms with E-state index in [0.717, 1.165) is 48.3 Å². The van der Waals surface area contributed by atoms with Crippen molar-refractivity contribution in [3.8, 4) is 0 Å². The zero-order valence-electron chi connectivity index (χ0n) is 15.3. The van der Waals surface area contributed by atoms with E-state index in [-0.39, 0.29) is 22.0 Å². The monoisotopic (exact) mass is 471 g/mol. The molecule has 2 fully saturated rings. The molecule has 1 heterocycles. The molecule has 1 aromatic rings. The molecule has 1 saturated heterocycles. The van der Waals surface area contributed by atoms with Crippen LogP contribution in [0.5, 0.6) is 0 Å². The van der Waals surface area contributed by atoms with E-state index in [9.17, 15) is 13.2 Å². The van der Waals surface area contributed by atoms with E-state index < -0.39 is 10.0 Å². The predicted octanol–water partition coefficient (Wildman–Crippen LogP) is 3.80. The van der Waals surface area contributed by atoms with Crippen LogP contribution < -0.4 is 0 Å². The summed E-state index contributed by atoms with van der Waals surface area (Å²) < 4.78 is 30.4. The van der Waals surface area contributed by atoms with Crippen molar-refractivity contribution in [2.45, 2.75) is 43.0 Å². The quantitative estimate of drug-likeness (QED) is 0.624. The highest BCUT2D eigenvalue weighted by atomic mass is 79.9. The predicted molar refractivity (Wildman–Crippen MR) is 112 cm³/mol. The van der Waals surface area contributed by atoms with Gasteiger partial charge in [-0.15, -0.1) is 4.40 Å². The minimum atomic E-state index is -3.90. The summed E-state index contributed by atoms with van der Waals surface area (Å²) >= 11 is 4.43. The molecule has 0 bridgehead atoms. The zero-order chi connectivity index (χ0) is 19.6. The van der Waals surface area contributed by atoms with Crippen LogP contribution >= 0.6 is 27.7 Å². The number of hydrogen-bond donors (Lipinski definition) is 0. The van der Waals surface area contributed by atoms with Crippen molar-refractivity contribution in [1.82, 2.24) is 9.80 Å². The maximum atomic E-state index is 12.9. The van der Waals surface area contributed by atoms with Crippen LogP contribution in [-0.4, -0.2) is 49.4 Å². The Morgan fingerprint density at radius 3 is 2.41 bits per heavy atom. The Hall–Kier alpha value is -1.32.